The van der Waals surface area contributed by atoms with Gasteiger partial charge in [0.05, 0.1) is 48.6 Å². The van der Waals surface area contributed by atoms with Crippen LogP contribution in [0.2, 0.25) is 0 Å². The van der Waals surface area contributed by atoms with Crippen molar-refractivity contribution in [2.24, 2.45) is 0 Å². The van der Waals surface area contributed by atoms with Crippen molar-refractivity contribution in [2.75, 3.05) is 19.5 Å². The molecule has 8 nitrogen and oxygen atoms in total. The van der Waals surface area contributed by atoms with E-state index >= 15 is 0 Å². The van der Waals surface area contributed by atoms with E-state index in [1.807, 2.05) is 0 Å². The molecular formula is C22H23N3O5S. The average Bonchev–Trinajstić information content (AvgIpc) is 2.80. The number of aromatic nitrogens is 2. The Morgan fingerprint density at radius 2 is 1.97 bits per heavy atom. The Morgan fingerprint density at radius 3 is 2.68 bits per heavy atom. The number of aliphatic hydroxyl groups is 1. The second kappa shape index (κ2) is 10.1. The van der Waals surface area contributed by atoms with Gasteiger partial charge in [-0.05, 0) is 36.8 Å². The number of amides is 1. The number of ether oxygens (including phenoxy) is 2. The second-order valence-corrected chi connectivity index (χ2v) is 7.99. The van der Waals surface area contributed by atoms with E-state index in [1.54, 1.807) is 56.6 Å². The summed E-state index contributed by atoms with van der Waals surface area (Å²) in [5.41, 5.74) is 2.59. The lowest BCUT2D eigenvalue weighted by Gasteiger charge is -2.13. The van der Waals surface area contributed by atoms with Crippen LogP contribution in [-0.2, 0) is 23.2 Å². The fourth-order valence-electron chi connectivity index (χ4n) is 2.90. The van der Waals surface area contributed by atoms with Crippen molar-refractivity contribution in [3.63, 3.8) is 0 Å². The van der Waals surface area contributed by atoms with Crippen LogP contribution in [0.15, 0.2) is 53.8 Å². The summed E-state index contributed by atoms with van der Waals surface area (Å²) in [6.07, 6.45) is 3.07. The van der Waals surface area contributed by atoms with Gasteiger partial charge in [0.2, 0.25) is 0 Å². The van der Waals surface area contributed by atoms with E-state index in [-0.39, 0.29) is 22.9 Å². The van der Waals surface area contributed by atoms with E-state index in [0.29, 0.717) is 28.4 Å². The number of hydrogen-bond acceptors (Lipinski definition) is 7. The molecule has 0 fully saturated rings. The number of nitrogens with one attached hydrogen (secondary N) is 1. The largest absolute Gasteiger partial charge is 0.497 e. The molecule has 2 heterocycles. The van der Waals surface area contributed by atoms with Crippen LogP contribution in [0.5, 0.6) is 11.5 Å². The lowest BCUT2D eigenvalue weighted by molar-refractivity contribution is 0.102. The summed E-state index contributed by atoms with van der Waals surface area (Å²) < 4.78 is 23.7. The molecule has 1 atom stereocenters. The van der Waals surface area contributed by atoms with Gasteiger partial charge < -0.3 is 19.9 Å². The normalized spacial score (nSPS) is 11.6. The third-order valence-corrected chi connectivity index (χ3v) is 5.91. The zero-order chi connectivity index (χ0) is 22.4. The quantitative estimate of drug-likeness (QED) is 0.553. The maximum Gasteiger partial charge on any atom is 0.258 e. The van der Waals surface area contributed by atoms with Gasteiger partial charge in [0.1, 0.15) is 16.5 Å². The van der Waals surface area contributed by atoms with Crippen LogP contribution in [0.25, 0.3) is 0 Å². The highest BCUT2D eigenvalue weighted by Gasteiger charge is 2.20. The number of benzene rings is 1. The number of carbonyl (C=O) groups is 1. The molecule has 0 aliphatic heterocycles. The zero-order valence-corrected chi connectivity index (χ0v) is 18.2. The minimum Gasteiger partial charge on any atom is -0.497 e. The monoisotopic (exact) mass is 441 g/mol. The molecule has 3 aromatic rings. The van der Waals surface area contributed by atoms with E-state index < -0.39 is 16.7 Å². The third-order valence-electron chi connectivity index (χ3n) is 4.58. The molecule has 1 unspecified atom stereocenters. The Hall–Kier alpha value is -3.30. The van der Waals surface area contributed by atoms with Gasteiger partial charge in [0, 0.05) is 29.7 Å². The van der Waals surface area contributed by atoms with Gasteiger partial charge in [0.15, 0.2) is 0 Å². The molecule has 2 N–H and O–H groups in total. The van der Waals surface area contributed by atoms with E-state index in [9.17, 15) is 14.1 Å². The summed E-state index contributed by atoms with van der Waals surface area (Å²) in [4.78, 5) is 21.2. The highest BCUT2D eigenvalue weighted by molar-refractivity contribution is 7.84. The minimum atomic E-state index is -1.60. The molecule has 0 saturated heterocycles. The summed E-state index contributed by atoms with van der Waals surface area (Å²) >= 11 is 0. The fraction of sp³-hybridized carbons (Fsp3) is 0.227. The fourth-order valence-corrected chi connectivity index (χ4v) is 4.15. The topological polar surface area (TPSA) is 111 Å². The number of rotatable bonds is 8. The van der Waals surface area contributed by atoms with Crippen molar-refractivity contribution >= 4 is 22.4 Å². The summed E-state index contributed by atoms with van der Waals surface area (Å²) in [7, 11) is 1.48. The Bertz CT molecular complexity index is 1120. The highest BCUT2D eigenvalue weighted by atomic mass is 32.2. The van der Waals surface area contributed by atoms with Gasteiger partial charge in [-0.15, -0.1) is 0 Å². The Labute approximate surface area is 182 Å². The van der Waals surface area contributed by atoms with Crippen molar-refractivity contribution in [3.05, 3.63) is 71.2 Å². The molecule has 9 heteroatoms. The van der Waals surface area contributed by atoms with Gasteiger partial charge in [-0.2, -0.15) is 0 Å². The minimum absolute atomic E-state index is 0.118. The van der Waals surface area contributed by atoms with Crippen molar-refractivity contribution in [3.8, 4) is 11.5 Å². The van der Waals surface area contributed by atoms with Crippen LogP contribution in [0, 0.1) is 6.92 Å². The molecular weight excluding hydrogens is 418 g/mol. The Morgan fingerprint density at radius 1 is 1.16 bits per heavy atom. The molecule has 1 aromatic carbocycles. The first-order chi connectivity index (χ1) is 15.0. The van der Waals surface area contributed by atoms with Crippen LogP contribution in [0.3, 0.4) is 0 Å². The van der Waals surface area contributed by atoms with Crippen LogP contribution >= 0.6 is 0 Å². The van der Waals surface area contributed by atoms with Crippen LogP contribution < -0.4 is 14.8 Å². The van der Waals surface area contributed by atoms with Crippen LogP contribution in [0.4, 0.5) is 5.69 Å². The molecule has 31 heavy (non-hydrogen) atoms. The average molecular weight is 442 g/mol. The summed E-state index contributed by atoms with van der Waals surface area (Å²) in [5, 5.41) is 12.3. The number of aliphatic hydroxyl groups excluding tert-OH is 1. The molecule has 162 valence electrons. The molecule has 0 radical (unpaired) electrons. The van der Waals surface area contributed by atoms with Gasteiger partial charge >= 0.3 is 0 Å². The van der Waals surface area contributed by atoms with Crippen molar-refractivity contribution in [2.45, 2.75) is 24.3 Å². The number of anilines is 1. The lowest BCUT2D eigenvalue weighted by Crippen LogP contribution is -2.17. The highest BCUT2D eigenvalue weighted by Crippen LogP contribution is 2.27. The summed E-state index contributed by atoms with van der Waals surface area (Å²) in [6, 6.07) is 10.0. The molecule has 0 spiro atoms. The van der Waals surface area contributed by atoms with Gasteiger partial charge in [0.25, 0.3) is 5.91 Å². The van der Waals surface area contributed by atoms with E-state index in [1.165, 1.54) is 13.3 Å². The van der Waals surface area contributed by atoms with E-state index in [2.05, 4.69) is 15.3 Å². The summed E-state index contributed by atoms with van der Waals surface area (Å²) in [5.74, 6) is 0.835. The molecule has 0 bridgehead atoms. The number of methoxy groups -OCH3 is 2. The predicted molar refractivity (Wildman–Crippen MR) is 117 cm³/mol. The Balaban J connectivity index is 1.86. The van der Waals surface area contributed by atoms with Crippen LogP contribution in [0.1, 0.15) is 27.2 Å². The van der Waals surface area contributed by atoms with Gasteiger partial charge in [-0.25, -0.2) is 4.98 Å². The number of hydrogen-bond donors (Lipinski definition) is 2. The van der Waals surface area contributed by atoms with Crippen molar-refractivity contribution in [1.29, 1.82) is 0 Å². The summed E-state index contributed by atoms with van der Waals surface area (Å²) in [6.45, 7) is 1.55. The van der Waals surface area contributed by atoms with Crippen molar-refractivity contribution < 1.29 is 23.6 Å². The molecule has 3 rings (SSSR count). The standard InChI is InChI=1S/C22H23N3O5S/c1-14-11-24-16(12-26)9-19(14)25-21(27)18-5-4-8-23-22(18)31(28)13-15-6-7-17(29-2)10-20(15)30-3/h4-11,26H,12-13H2,1-3H3,(H,24,25,27). The smallest absolute Gasteiger partial charge is 0.258 e. The lowest BCUT2D eigenvalue weighted by atomic mass is 10.2. The maximum atomic E-state index is 13.1. The second-order valence-electron chi connectivity index (χ2n) is 6.63. The molecule has 0 aliphatic rings. The Kier molecular flexibility index (Phi) is 7.32. The van der Waals surface area contributed by atoms with E-state index in [0.717, 1.165) is 5.56 Å². The SMILES string of the molecule is COc1ccc(CS(=O)c2ncccc2C(=O)Nc2cc(CO)ncc2C)c(OC)c1. The molecule has 0 aliphatic carbocycles. The van der Waals surface area contributed by atoms with E-state index in [4.69, 9.17) is 9.47 Å². The number of pyridine rings is 2. The van der Waals surface area contributed by atoms with Gasteiger partial charge in [-0.3, -0.25) is 14.0 Å². The number of nitrogens with zero attached hydrogens (tertiary/aromatic N) is 2. The molecule has 1 amide bonds. The first-order valence-corrected chi connectivity index (χ1v) is 10.7. The van der Waals surface area contributed by atoms with Crippen LogP contribution in [-0.4, -0.2) is 39.4 Å². The maximum absolute atomic E-state index is 13.1. The first kappa shape index (κ1) is 22.4. The first-order valence-electron chi connectivity index (χ1n) is 9.38. The van der Waals surface area contributed by atoms with Gasteiger partial charge in [-0.1, -0.05) is 6.07 Å². The molecule has 0 saturated carbocycles. The number of aryl methyl sites for hydroxylation is 1. The molecule has 2 aromatic heterocycles. The third kappa shape index (κ3) is 5.25. The zero-order valence-electron chi connectivity index (χ0n) is 17.4. The van der Waals surface area contributed by atoms with Crippen molar-refractivity contribution in [1.82, 2.24) is 9.97 Å². The predicted octanol–water partition coefficient (Wildman–Crippen LogP) is 2.85. The number of carbonyl (C=O) groups excluding carboxylic acids is 1.